The van der Waals surface area contributed by atoms with Gasteiger partial charge in [0.15, 0.2) is 0 Å². The van der Waals surface area contributed by atoms with Gasteiger partial charge in [-0.05, 0) is 5.56 Å². The molecule has 0 radical (unpaired) electrons. The SMILES string of the molecule is COC(=O)C(Cc1ccccc1)NC(=O)C(CC(=O)O)NC(C)=O. The molecule has 0 bridgehead atoms. The number of carbonyl (C=O) groups is 4. The Bertz CT molecular complexity index is 586. The van der Waals surface area contributed by atoms with Gasteiger partial charge >= 0.3 is 11.9 Å². The third kappa shape index (κ3) is 6.47. The van der Waals surface area contributed by atoms with Crippen LogP contribution in [-0.2, 0) is 30.3 Å². The molecule has 0 aromatic heterocycles. The summed E-state index contributed by atoms with van der Waals surface area (Å²) >= 11 is 0. The monoisotopic (exact) mass is 336 g/mol. The highest BCUT2D eigenvalue weighted by molar-refractivity contribution is 5.92. The maximum atomic E-state index is 12.2. The molecule has 1 rings (SSSR count). The summed E-state index contributed by atoms with van der Waals surface area (Å²) < 4.78 is 4.67. The Labute approximate surface area is 139 Å². The van der Waals surface area contributed by atoms with Crippen LogP contribution in [0.2, 0.25) is 0 Å². The zero-order chi connectivity index (χ0) is 18.1. The first-order valence-corrected chi connectivity index (χ1v) is 7.24. The summed E-state index contributed by atoms with van der Waals surface area (Å²) in [6.07, 6.45) is -0.413. The van der Waals surface area contributed by atoms with Crippen molar-refractivity contribution < 1.29 is 29.0 Å². The van der Waals surface area contributed by atoms with E-state index < -0.39 is 42.3 Å². The van der Waals surface area contributed by atoms with Gasteiger partial charge < -0.3 is 20.5 Å². The normalized spacial score (nSPS) is 12.6. The number of methoxy groups -OCH3 is 1. The lowest BCUT2D eigenvalue weighted by Gasteiger charge is -2.21. The van der Waals surface area contributed by atoms with Gasteiger partial charge in [-0.3, -0.25) is 14.4 Å². The Morgan fingerprint density at radius 3 is 2.21 bits per heavy atom. The fourth-order valence-electron chi connectivity index (χ4n) is 2.09. The molecular weight excluding hydrogens is 316 g/mol. The van der Waals surface area contributed by atoms with Crippen molar-refractivity contribution in [2.45, 2.75) is 31.8 Å². The number of carboxylic acids is 1. The molecule has 24 heavy (non-hydrogen) atoms. The fraction of sp³-hybridized carbons (Fsp3) is 0.375. The Balaban J connectivity index is 2.86. The van der Waals surface area contributed by atoms with Crippen molar-refractivity contribution in [3.8, 4) is 0 Å². The van der Waals surface area contributed by atoms with Gasteiger partial charge in [0, 0.05) is 13.3 Å². The summed E-state index contributed by atoms with van der Waals surface area (Å²) in [7, 11) is 1.19. The molecule has 8 nitrogen and oxygen atoms in total. The Hall–Kier alpha value is -2.90. The predicted octanol–water partition coefficient (Wildman–Crippen LogP) is -0.134. The number of hydrogen-bond acceptors (Lipinski definition) is 5. The topological polar surface area (TPSA) is 122 Å². The van der Waals surface area contributed by atoms with E-state index >= 15 is 0 Å². The molecule has 130 valence electrons. The van der Waals surface area contributed by atoms with Crippen molar-refractivity contribution in [3.05, 3.63) is 35.9 Å². The largest absolute Gasteiger partial charge is 0.481 e. The van der Waals surface area contributed by atoms with Crippen LogP contribution < -0.4 is 10.6 Å². The van der Waals surface area contributed by atoms with Crippen LogP contribution in [0, 0.1) is 0 Å². The van der Waals surface area contributed by atoms with Crippen LogP contribution in [0.4, 0.5) is 0 Å². The standard InChI is InChI=1S/C16H20N2O6/c1-10(19)17-12(9-14(20)21)15(22)18-13(16(23)24-2)8-11-6-4-3-5-7-11/h3-7,12-13H,8-9H2,1-2H3,(H,17,19)(H,18,22)(H,20,21). The minimum atomic E-state index is -1.28. The van der Waals surface area contributed by atoms with Gasteiger partial charge in [-0.2, -0.15) is 0 Å². The molecule has 0 fully saturated rings. The smallest absolute Gasteiger partial charge is 0.328 e. The van der Waals surface area contributed by atoms with E-state index in [1.54, 1.807) is 24.3 Å². The molecule has 0 saturated heterocycles. The van der Waals surface area contributed by atoms with Crippen LogP contribution in [0.15, 0.2) is 30.3 Å². The van der Waals surface area contributed by atoms with Gasteiger partial charge in [-0.1, -0.05) is 30.3 Å². The van der Waals surface area contributed by atoms with Gasteiger partial charge in [0.2, 0.25) is 11.8 Å². The van der Waals surface area contributed by atoms with Crippen molar-refractivity contribution in [2.75, 3.05) is 7.11 Å². The number of carboxylic acid groups (broad SMARTS) is 1. The Morgan fingerprint density at radius 2 is 1.71 bits per heavy atom. The van der Waals surface area contributed by atoms with Gasteiger partial charge in [0.1, 0.15) is 12.1 Å². The van der Waals surface area contributed by atoms with Crippen LogP contribution in [-0.4, -0.2) is 48.1 Å². The highest BCUT2D eigenvalue weighted by Crippen LogP contribution is 2.05. The van der Waals surface area contributed by atoms with Gasteiger partial charge in [0.05, 0.1) is 13.5 Å². The third-order valence-electron chi connectivity index (χ3n) is 3.16. The number of esters is 1. The summed E-state index contributed by atoms with van der Waals surface area (Å²) in [6, 6.07) is 6.69. The van der Waals surface area contributed by atoms with E-state index in [9.17, 15) is 19.2 Å². The maximum Gasteiger partial charge on any atom is 0.328 e. The molecule has 2 unspecified atom stereocenters. The van der Waals surface area contributed by atoms with E-state index in [0.717, 1.165) is 5.56 Å². The first-order chi connectivity index (χ1) is 11.3. The molecule has 1 aromatic rings. The number of aliphatic carboxylic acids is 1. The molecular formula is C16H20N2O6. The maximum absolute atomic E-state index is 12.2. The van der Waals surface area contributed by atoms with Crippen molar-refractivity contribution >= 4 is 23.8 Å². The van der Waals surface area contributed by atoms with Gasteiger partial charge in [-0.25, -0.2) is 4.79 Å². The van der Waals surface area contributed by atoms with E-state index in [1.807, 2.05) is 6.07 Å². The Morgan fingerprint density at radius 1 is 1.08 bits per heavy atom. The third-order valence-corrected chi connectivity index (χ3v) is 3.16. The van der Waals surface area contributed by atoms with Crippen LogP contribution in [0.25, 0.3) is 0 Å². The molecule has 1 aromatic carbocycles. The first-order valence-electron chi connectivity index (χ1n) is 7.24. The summed E-state index contributed by atoms with van der Waals surface area (Å²) in [5.41, 5.74) is 0.794. The lowest BCUT2D eigenvalue weighted by Crippen LogP contribution is -2.52. The summed E-state index contributed by atoms with van der Waals surface area (Å²) in [4.78, 5) is 46.1. The van der Waals surface area contributed by atoms with Crippen molar-refractivity contribution in [2.24, 2.45) is 0 Å². The predicted molar refractivity (Wildman–Crippen MR) is 84.0 cm³/mol. The average molecular weight is 336 g/mol. The number of amides is 2. The molecule has 0 saturated carbocycles. The molecule has 8 heteroatoms. The van der Waals surface area contributed by atoms with E-state index in [2.05, 4.69) is 15.4 Å². The number of benzene rings is 1. The summed E-state index contributed by atoms with van der Waals surface area (Å²) in [6.45, 7) is 1.17. The van der Waals surface area contributed by atoms with Crippen LogP contribution in [0.1, 0.15) is 18.9 Å². The average Bonchev–Trinajstić information content (AvgIpc) is 2.52. The molecule has 0 aliphatic rings. The van der Waals surface area contributed by atoms with E-state index in [-0.39, 0.29) is 6.42 Å². The fourth-order valence-corrected chi connectivity index (χ4v) is 2.09. The molecule has 0 aliphatic heterocycles. The van der Waals surface area contributed by atoms with Gasteiger partial charge in [-0.15, -0.1) is 0 Å². The minimum Gasteiger partial charge on any atom is -0.481 e. The second-order valence-electron chi connectivity index (χ2n) is 5.13. The number of ether oxygens (including phenoxy) is 1. The molecule has 2 amide bonds. The lowest BCUT2D eigenvalue weighted by atomic mass is 10.1. The van der Waals surface area contributed by atoms with Crippen molar-refractivity contribution in [1.29, 1.82) is 0 Å². The highest BCUT2D eigenvalue weighted by atomic mass is 16.5. The van der Waals surface area contributed by atoms with Crippen molar-refractivity contribution in [3.63, 3.8) is 0 Å². The number of carbonyl (C=O) groups excluding carboxylic acids is 3. The summed E-state index contributed by atoms with van der Waals surface area (Å²) in [5, 5.41) is 13.5. The Kier molecular flexibility index (Phi) is 7.41. The summed E-state index contributed by atoms with van der Waals surface area (Å²) in [5.74, 6) is -3.22. The van der Waals surface area contributed by atoms with Crippen molar-refractivity contribution in [1.82, 2.24) is 10.6 Å². The van der Waals surface area contributed by atoms with E-state index in [1.165, 1.54) is 14.0 Å². The molecule has 0 heterocycles. The second kappa shape index (κ2) is 9.29. The first kappa shape index (κ1) is 19.1. The van der Waals surface area contributed by atoms with E-state index in [4.69, 9.17) is 5.11 Å². The highest BCUT2D eigenvalue weighted by Gasteiger charge is 2.28. The number of nitrogens with one attached hydrogen (secondary N) is 2. The zero-order valence-electron chi connectivity index (χ0n) is 13.4. The van der Waals surface area contributed by atoms with E-state index in [0.29, 0.717) is 0 Å². The van der Waals surface area contributed by atoms with Crippen LogP contribution in [0.5, 0.6) is 0 Å². The second-order valence-corrected chi connectivity index (χ2v) is 5.13. The van der Waals surface area contributed by atoms with Crippen LogP contribution in [0.3, 0.4) is 0 Å². The molecule has 0 spiro atoms. The van der Waals surface area contributed by atoms with Crippen LogP contribution >= 0.6 is 0 Å². The molecule has 3 N–H and O–H groups in total. The molecule has 0 aliphatic carbocycles. The molecule has 2 atom stereocenters. The number of hydrogen-bond donors (Lipinski definition) is 3. The number of rotatable bonds is 8. The quantitative estimate of drug-likeness (QED) is 0.568. The lowest BCUT2D eigenvalue weighted by molar-refractivity contribution is -0.145. The van der Waals surface area contributed by atoms with Gasteiger partial charge in [0.25, 0.3) is 0 Å². The minimum absolute atomic E-state index is 0.180. The zero-order valence-corrected chi connectivity index (χ0v) is 13.4.